The molecule has 3 rings (SSSR count). The van der Waals surface area contributed by atoms with Gasteiger partial charge in [-0.3, -0.25) is 9.59 Å². The summed E-state index contributed by atoms with van der Waals surface area (Å²) in [6.45, 7) is 2.53. The minimum Gasteiger partial charge on any atom is -0.493 e. The van der Waals surface area contributed by atoms with Gasteiger partial charge in [0.15, 0.2) is 11.5 Å². The second kappa shape index (κ2) is 12.8. The topological polar surface area (TPSA) is 67.9 Å². The highest BCUT2D eigenvalue weighted by molar-refractivity contribution is 6.30. The Kier molecular flexibility index (Phi) is 9.56. The van der Waals surface area contributed by atoms with Gasteiger partial charge in [0, 0.05) is 18.1 Å². The van der Waals surface area contributed by atoms with Gasteiger partial charge in [0.25, 0.3) is 0 Å². The van der Waals surface area contributed by atoms with Gasteiger partial charge in [-0.2, -0.15) is 0 Å². The maximum absolute atomic E-state index is 13.4. The molecule has 7 heteroatoms. The van der Waals surface area contributed by atoms with Crippen LogP contribution in [0.4, 0.5) is 0 Å². The molecule has 0 aliphatic rings. The first-order valence-corrected chi connectivity index (χ1v) is 11.9. The fraction of sp³-hybridized carbons (Fsp3) is 0.286. The average Bonchev–Trinajstić information content (AvgIpc) is 2.88. The molecule has 0 saturated carbocycles. The lowest BCUT2D eigenvalue weighted by Gasteiger charge is -2.29. The van der Waals surface area contributed by atoms with E-state index in [0.717, 1.165) is 23.1 Å². The fourth-order valence-electron chi connectivity index (χ4n) is 3.76. The second-order valence-electron chi connectivity index (χ2n) is 8.22. The van der Waals surface area contributed by atoms with E-state index < -0.39 is 6.04 Å². The van der Waals surface area contributed by atoms with Gasteiger partial charge in [-0.1, -0.05) is 60.1 Å². The number of hydrogen-bond acceptors (Lipinski definition) is 4. The first-order chi connectivity index (χ1) is 16.9. The monoisotopic (exact) mass is 494 g/mol. The highest BCUT2D eigenvalue weighted by atomic mass is 35.5. The van der Waals surface area contributed by atoms with E-state index in [1.165, 1.54) is 0 Å². The number of carbonyl (C=O) groups excluding carboxylic acids is 2. The molecule has 0 bridgehead atoms. The molecule has 1 unspecified atom stereocenters. The number of ether oxygens (including phenoxy) is 2. The normalized spacial score (nSPS) is 11.4. The lowest BCUT2D eigenvalue weighted by Crippen LogP contribution is -2.48. The molecule has 0 radical (unpaired) electrons. The zero-order valence-corrected chi connectivity index (χ0v) is 21.0. The zero-order valence-electron chi connectivity index (χ0n) is 20.3. The van der Waals surface area contributed by atoms with Crippen LogP contribution in [0.2, 0.25) is 5.02 Å². The number of halogens is 1. The number of nitrogens with one attached hydrogen (secondary N) is 1. The molecule has 0 heterocycles. The van der Waals surface area contributed by atoms with E-state index >= 15 is 0 Å². The SMILES string of the molecule is COc1ccc(CC(=O)N(Cc2ccc(Cl)cc2)C(C)C(=O)NCCc2ccccc2)cc1OC. The summed E-state index contributed by atoms with van der Waals surface area (Å²) in [5.74, 6) is 0.773. The molecule has 1 atom stereocenters. The van der Waals surface area contributed by atoms with Crippen LogP contribution in [0.15, 0.2) is 72.8 Å². The van der Waals surface area contributed by atoms with Crippen molar-refractivity contribution in [3.63, 3.8) is 0 Å². The molecule has 0 aliphatic heterocycles. The number of carbonyl (C=O) groups is 2. The van der Waals surface area contributed by atoms with Crippen LogP contribution >= 0.6 is 11.6 Å². The molecule has 2 amide bonds. The van der Waals surface area contributed by atoms with Crippen molar-refractivity contribution in [1.29, 1.82) is 0 Å². The number of hydrogen-bond donors (Lipinski definition) is 1. The van der Waals surface area contributed by atoms with Crippen molar-refractivity contribution in [3.05, 3.63) is 94.5 Å². The van der Waals surface area contributed by atoms with E-state index in [0.29, 0.717) is 23.1 Å². The van der Waals surface area contributed by atoms with Crippen LogP contribution < -0.4 is 14.8 Å². The summed E-state index contributed by atoms with van der Waals surface area (Å²) in [7, 11) is 3.12. The van der Waals surface area contributed by atoms with Crippen molar-refractivity contribution in [1.82, 2.24) is 10.2 Å². The van der Waals surface area contributed by atoms with Gasteiger partial charge < -0.3 is 19.7 Å². The summed E-state index contributed by atoms with van der Waals surface area (Å²) in [6, 6.07) is 21.9. The summed E-state index contributed by atoms with van der Waals surface area (Å²) in [4.78, 5) is 28.0. The Hall–Kier alpha value is -3.51. The zero-order chi connectivity index (χ0) is 25.2. The van der Waals surface area contributed by atoms with E-state index in [9.17, 15) is 9.59 Å². The summed E-state index contributed by atoms with van der Waals surface area (Å²) < 4.78 is 10.7. The minimum absolute atomic E-state index is 0.121. The number of methoxy groups -OCH3 is 2. The van der Waals surface area contributed by atoms with Gasteiger partial charge in [0.1, 0.15) is 6.04 Å². The van der Waals surface area contributed by atoms with E-state index in [4.69, 9.17) is 21.1 Å². The van der Waals surface area contributed by atoms with Crippen molar-refractivity contribution in [3.8, 4) is 11.5 Å². The second-order valence-corrected chi connectivity index (χ2v) is 8.65. The largest absolute Gasteiger partial charge is 0.493 e. The first kappa shape index (κ1) is 26.1. The highest BCUT2D eigenvalue weighted by Gasteiger charge is 2.26. The van der Waals surface area contributed by atoms with Gasteiger partial charge in [-0.15, -0.1) is 0 Å². The van der Waals surface area contributed by atoms with Gasteiger partial charge in [-0.05, 0) is 54.3 Å². The van der Waals surface area contributed by atoms with Gasteiger partial charge in [0.05, 0.1) is 20.6 Å². The molecule has 184 valence electrons. The Labute approximate surface area is 211 Å². The van der Waals surface area contributed by atoms with Crippen molar-refractivity contribution < 1.29 is 19.1 Å². The summed E-state index contributed by atoms with van der Waals surface area (Å²) >= 11 is 6.03. The molecule has 0 spiro atoms. The Bertz CT molecular complexity index is 1120. The minimum atomic E-state index is -0.658. The maximum Gasteiger partial charge on any atom is 0.242 e. The molecule has 0 fully saturated rings. The number of nitrogens with zero attached hydrogens (tertiary/aromatic N) is 1. The molecule has 3 aromatic carbocycles. The van der Waals surface area contributed by atoms with Crippen LogP contribution in [0, 0.1) is 0 Å². The van der Waals surface area contributed by atoms with Crippen LogP contribution in [-0.2, 0) is 29.0 Å². The highest BCUT2D eigenvalue weighted by Crippen LogP contribution is 2.28. The third kappa shape index (κ3) is 7.49. The quantitative estimate of drug-likeness (QED) is 0.420. The van der Waals surface area contributed by atoms with Gasteiger partial charge in [-0.25, -0.2) is 0 Å². The Balaban J connectivity index is 1.73. The molecule has 0 saturated heterocycles. The standard InChI is InChI=1S/C28H31ClN2O4/c1-20(28(33)30-16-15-21-7-5-4-6-8-21)31(19-22-9-12-24(29)13-10-22)27(32)18-23-11-14-25(34-2)26(17-23)35-3/h4-14,17,20H,15-16,18-19H2,1-3H3,(H,30,33). The number of amides is 2. The molecule has 35 heavy (non-hydrogen) atoms. The molecule has 0 aromatic heterocycles. The van der Waals surface area contributed by atoms with Crippen LogP contribution in [0.25, 0.3) is 0 Å². The van der Waals surface area contributed by atoms with E-state index in [1.807, 2.05) is 48.5 Å². The smallest absolute Gasteiger partial charge is 0.242 e. The van der Waals surface area contributed by atoms with E-state index in [-0.39, 0.29) is 24.8 Å². The molecule has 0 aliphatic carbocycles. The molecule has 1 N–H and O–H groups in total. The van der Waals surface area contributed by atoms with Crippen molar-refractivity contribution in [2.24, 2.45) is 0 Å². The predicted molar refractivity (Wildman–Crippen MR) is 138 cm³/mol. The van der Waals surface area contributed by atoms with Crippen molar-refractivity contribution in [2.75, 3.05) is 20.8 Å². The van der Waals surface area contributed by atoms with Crippen LogP contribution in [0.5, 0.6) is 11.5 Å². The van der Waals surface area contributed by atoms with Crippen LogP contribution in [0.1, 0.15) is 23.6 Å². The third-order valence-corrected chi connectivity index (χ3v) is 6.04. The van der Waals surface area contributed by atoms with Crippen molar-refractivity contribution >= 4 is 23.4 Å². The third-order valence-electron chi connectivity index (χ3n) is 5.79. The summed E-state index contributed by atoms with van der Waals surface area (Å²) in [5.41, 5.74) is 2.80. The predicted octanol–water partition coefficient (Wildman–Crippen LogP) is 4.68. The first-order valence-electron chi connectivity index (χ1n) is 11.5. The number of rotatable bonds is 11. The molecule has 6 nitrogen and oxygen atoms in total. The van der Waals surface area contributed by atoms with Crippen LogP contribution in [0.3, 0.4) is 0 Å². The van der Waals surface area contributed by atoms with E-state index in [2.05, 4.69) is 5.32 Å². The van der Waals surface area contributed by atoms with Crippen LogP contribution in [-0.4, -0.2) is 43.5 Å². The molecular weight excluding hydrogens is 464 g/mol. The van der Waals surface area contributed by atoms with E-state index in [1.54, 1.807) is 50.3 Å². The Morgan fingerprint density at radius 1 is 0.886 bits per heavy atom. The summed E-state index contributed by atoms with van der Waals surface area (Å²) in [5, 5.41) is 3.58. The average molecular weight is 495 g/mol. The number of benzene rings is 3. The Morgan fingerprint density at radius 3 is 2.20 bits per heavy atom. The summed E-state index contributed by atoms with van der Waals surface area (Å²) in [6.07, 6.45) is 0.839. The molecular formula is C28H31ClN2O4. The fourth-order valence-corrected chi connectivity index (χ4v) is 3.88. The molecule has 3 aromatic rings. The Morgan fingerprint density at radius 2 is 1.54 bits per heavy atom. The van der Waals surface area contributed by atoms with Crippen molar-refractivity contribution in [2.45, 2.75) is 32.4 Å². The lowest BCUT2D eigenvalue weighted by atomic mass is 10.1. The maximum atomic E-state index is 13.4. The van der Waals surface area contributed by atoms with Gasteiger partial charge in [0.2, 0.25) is 11.8 Å². The van der Waals surface area contributed by atoms with Gasteiger partial charge >= 0.3 is 0 Å². The lowest BCUT2D eigenvalue weighted by molar-refractivity contribution is -0.140.